The lowest BCUT2D eigenvalue weighted by atomic mass is 10.1. The van der Waals surface area contributed by atoms with Crippen molar-refractivity contribution in [1.29, 1.82) is 0 Å². The smallest absolute Gasteiger partial charge is 0.139 e. The molecule has 26 heavy (non-hydrogen) atoms. The summed E-state index contributed by atoms with van der Waals surface area (Å²) in [4.78, 5) is 0. The number of nitrogens with zero attached hydrogens (tertiary/aromatic N) is 1. The molecule has 0 fully saturated rings. The zero-order valence-electron chi connectivity index (χ0n) is 16.2. The van der Waals surface area contributed by atoms with Gasteiger partial charge in [-0.25, -0.2) is 0 Å². The molecule has 1 N–H and O–H groups in total. The summed E-state index contributed by atoms with van der Waals surface area (Å²) in [5.74, 6) is 0.394. The summed E-state index contributed by atoms with van der Waals surface area (Å²) in [7, 11) is 0. The first-order valence-electron chi connectivity index (χ1n) is 10.5. The van der Waals surface area contributed by atoms with Gasteiger partial charge in [0.25, 0.3) is 0 Å². The molecular weight excluding hydrogens is 318 g/mol. The van der Waals surface area contributed by atoms with Gasteiger partial charge < -0.3 is 9.67 Å². The minimum absolute atomic E-state index is 0.394. The van der Waals surface area contributed by atoms with E-state index >= 15 is 0 Å². The lowest BCUT2D eigenvalue weighted by Crippen LogP contribution is -1.98. The van der Waals surface area contributed by atoms with Crippen LogP contribution in [0.15, 0.2) is 42.5 Å². The van der Waals surface area contributed by atoms with Gasteiger partial charge in [-0.3, -0.25) is 0 Å². The van der Waals surface area contributed by atoms with E-state index in [2.05, 4.69) is 41.8 Å². The molecular formula is C24H33NO. The van der Waals surface area contributed by atoms with Gasteiger partial charge >= 0.3 is 0 Å². The van der Waals surface area contributed by atoms with E-state index in [9.17, 15) is 5.11 Å². The van der Waals surface area contributed by atoms with Crippen LogP contribution in [0.3, 0.4) is 0 Å². The van der Waals surface area contributed by atoms with Gasteiger partial charge in [-0.05, 0) is 18.6 Å². The third-order valence-electron chi connectivity index (χ3n) is 5.50. The number of hydrogen-bond acceptors (Lipinski definition) is 1. The van der Waals surface area contributed by atoms with Gasteiger partial charge in [-0.2, -0.15) is 0 Å². The number of phenols is 1. The summed E-state index contributed by atoms with van der Waals surface area (Å²) in [6.07, 6.45) is 13.5. The summed E-state index contributed by atoms with van der Waals surface area (Å²) in [6, 6.07) is 14.4. The Labute approximate surface area is 157 Å². The Morgan fingerprint density at radius 1 is 0.692 bits per heavy atom. The lowest BCUT2D eigenvalue weighted by molar-refractivity contribution is 0.476. The molecule has 0 saturated heterocycles. The zero-order chi connectivity index (χ0) is 18.2. The molecule has 0 saturated carbocycles. The van der Waals surface area contributed by atoms with Crippen LogP contribution in [0.4, 0.5) is 0 Å². The molecule has 140 valence electrons. The van der Waals surface area contributed by atoms with Crippen molar-refractivity contribution in [2.45, 2.75) is 77.7 Å². The van der Waals surface area contributed by atoms with Crippen molar-refractivity contribution in [3.8, 4) is 5.75 Å². The van der Waals surface area contributed by atoms with Crippen molar-refractivity contribution in [2.75, 3.05) is 0 Å². The summed E-state index contributed by atoms with van der Waals surface area (Å²) >= 11 is 0. The minimum Gasteiger partial charge on any atom is -0.506 e. The third-order valence-corrected chi connectivity index (χ3v) is 5.50. The highest BCUT2D eigenvalue weighted by Gasteiger charge is 2.12. The second-order valence-electron chi connectivity index (χ2n) is 7.52. The molecule has 0 atom stereocenters. The lowest BCUT2D eigenvalue weighted by Gasteiger charge is -2.08. The van der Waals surface area contributed by atoms with Crippen LogP contribution in [0.5, 0.6) is 5.75 Å². The Bertz CT molecular complexity index is 818. The largest absolute Gasteiger partial charge is 0.506 e. The van der Waals surface area contributed by atoms with Crippen molar-refractivity contribution in [1.82, 2.24) is 4.57 Å². The van der Waals surface area contributed by atoms with Crippen LogP contribution in [-0.2, 0) is 6.54 Å². The predicted molar refractivity (Wildman–Crippen MR) is 113 cm³/mol. The number of rotatable bonds is 11. The fourth-order valence-electron chi connectivity index (χ4n) is 4.08. The normalized spacial score (nSPS) is 11.6. The topological polar surface area (TPSA) is 25.2 Å². The Kier molecular flexibility index (Phi) is 6.99. The van der Waals surface area contributed by atoms with Gasteiger partial charge in [0.15, 0.2) is 0 Å². The maximum Gasteiger partial charge on any atom is 0.139 e. The Morgan fingerprint density at radius 3 is 2.04 bits per heavy atom. The Hall–Kier alpha value is -1.96. The third kappa shape index (κ3) is 4.41. The molecule has 0 unspecified atom stereocenters. The van der Waals surface area contributed by atoms with Gasteiger partial charge in [0.2, 0.25) is 0 Å². The molecule has 2 heteroatoms. The quantitative estimate of drug-likeness (QED) is 0.357. The van der Waals surface area contributed by atoms with Crippen LogP contribution < -0.4 is 0 Å². The van der Waals surface area contributed by atoms with E-state index in [1.807, 2.05) is 6.07 Å². The van der Waals surface area contributed by atoms with E-state index in [0.29, 0.717) is 5.75 Å². The highest BCUT2D eigenvalue weighted by Crippen LogP contribution is 2.34. The Balaban J connectivity index is 1.53. The number of unbranched alkanes of at least 4 members (excludes halogenated alkanes) is 9. The first kappa shape index (κ1) is 18.8. The maximum absolute atomic E-state index is 10.4. The summed E-state index contributed by atoms with van der Waals surface area (Å²) in [5.41, 5.74) is 2.23. The second kappa shape index (κ2) is 9.66. The number of benzene rings is 2. The maximum atomic E-state index is 10.4. The first-order chi connectivity index (χ1) is 12.8. The SMILES string of the molecule is CCCCCCCCCCCCn1c2ccccc2c2cccc(O)c21. The zero-order valence-corrected chi connectivity index (χ0v) is 16.2. The van der Waals surface area contributed by atoms with Crippen LogP contribution in [0.25, 0.3) is 21.8 Å². The number of para-hydroxylation sites is 2. The summed E-state index contributed by atoms with van der Waals surface area (Å²) < 4.78 is 2.31. The number of fused-ring (bicyclic) bond motifs is 3. The average Bonchev–Trinajstić information content (AvgIpc) is 2.99. The molecule has 1 aromatic heterocycles. The van der Waals surface area contributed by atoms with Gasteiger partial charge in [-0.1, -0.05) is 95.0 Å². The first-order valence-corrected chi connectivity index (χ1v) is 10.5. The molecule has 2 nitrogen and oxygen atoms in total. The molecule has 0 aliphatic rings. The molecule has 1 heterocycles. The van der Waals surface area contributed by atoms with Crippen LogP contribution in [0.2, 0.25) is 0 Å². The molecule has 0 aliphatic carbocycles. The number of phenolic OH excluding ortho intramolecular Hbond substituents is 1. The van der Waals surface area contributed by atoms with E-state index in [1.165, 1.54) is 75.1 Å². The van der Waals surface area contributed by atoms with Crippen LogP contribution in [-0.4, -0.2) is 9.67 Å². The van der Waals surface area contributed by atoms with Crippen molar-refractivity contribution in [2.24, 2.45) is 0 Å². The van der Waals surface area contributed by atoms with Crippen molar-refractivity contribution in [3.63, 3.8) is 0 Å². The highest BCUT2D eigenvalue weighted by atomic mass is 16.3. The van der Waals surface area contributed by atoms with Crippen LogP contribution in [0, 0.1) is 0 Å². The molecule has 0 amide bonds. The number of hydrogen-bond donors (Lipinski definition) is 1. The molecule has 0 bridgehead atoms. The van der Waals surface area contributed by atoms with Crippen molar-refractivity contribution < 1.29 is 5.11 Å². The van der Waals surface area contributed by atoms with Gasteiger partial charge in [0, 0.05) is 22.8 Å². The van der Waals surface area contributed by atoms with Crippen molar-refractivity contribution in [3.05, 3.63) is 42.5 Å². The summed E-state index contributed by atoms with van der Waals surface area (Å²) in [5, 5.41) is 12.8. The van der Waals surface area contributed by atoms with Gasteiger partial charge in [0.1, 0.15) is 5.75 Å². The molecule has 3 aromatic rings. The van der Waals surface area contributed by atoms with Gasteiger partial charge in [-0.15, -0.1) is 0 Å². The highest BCUT2D eigenvalue weighted by molar-refractivity contribution is 6.09. The standard InChI is InChI=1S/C24H33NO/c1-2-3-4-5-6-7-8-9-10-13-19-25-22-17-12-11-15-20(22)21-16-14-18-23(26)24(21)25/h11-12,14-18,26H,2-10,13,19H2,1H3. The van der Waals surface area contributed by atoms with E-state index in [1.54, 1.807) is 6.07 Å². The monoisotopic (exact) mass is 351 g/mol. The molecule has 0 radical (unpaired) electrons. The van der Waals surface area contributed by atoms with Crippen LogP contribution >= 0.6 is 0 Å². The second-order valence-corrected chi connectivity index (χ2v) is 7.52. The van der Waals surface area contributed by atoms with Crippen LogP contribution in [0.1, 0.15) is 71.1 Å². The fraction of sp³-hybridized carbons (Fsp3) is 0.500. The molecule has 2 aromatic carbocycles. The number of aromatic nitrogens is 1. The Morgan fingerprint density at radius 2 is 1.31 bits per heavy atom. The van der Waals surface area contributed by atoms with E-state index < -0.39 is 0 Å². The minimum atomic E-state index is 0.394. The average molecular weight is 352 g/mol. The van der Waals surface area contributed by atoms with Crippen molar-refractivity contribution >= 4 is 21.8 Å². The molecule has 3 rings (SSSR count). The number of aromatic hydroxyl groups is 1. The van der Waals surface area contributed by atoms with Gasteiger partial charge in [0.05, 0.1) is 5.52 Å². The molecule has 0 aliphatic heterocycles. The number of aryl methyl sites for hydroxylation is 1. The fourth-order valence-corrected chi connectivity index (χ4v) is 4.08. The van der Waals surface area contributed by atoms with E-state index in [-0.39, 0.29) is 0 Å². The van der Waals surface area contributed by atoms with E-state index in [0.717, 1.165) is 17.4 Å². The summed E-state index contributed by atoms with van der Waals surface area (Å²) in [6.45, 7) is 3.26. The van der Waals surface area contributed by atoms with E-state index in [4.69, 9.17) is 0 Å². The molecule has 0 spiro atoms. The predicted octanol–water partition coefficient (Wildman–Crippen LogP) is 7.42.